The molecule has 1 aliphatic rings. The summed E-state index contributed by atoms with van der Waals surface area (Å²) in [6, 6.07) is 10.4. The van der Waals surface area contributed by atoms with Gasteiger partial charge in [-0.05, 0) is 32.4 Å². The van der Waals surface area contributed by atoms with Crippen LogP contribution in [0.4, 0.5) is 0 Å². The molecule has 0 saturated carbocycles. The molecule has 2 heterocycles. The fourth-order valence-electron chi connectivity index (χ4n) is 3.04. The summed E-state index contributed by atoms with van der Waals surface area (Å²) in [6.45, 7) is 4.94. The van der Waals surface area contributed by atoms with Crippen LogP contribution in [-0.4, -0.2) is 41.5 Å². The fourth-order valence-corrected chi connectivity index (χ4v) is 3.92. The molecule has 122 valence electrons. The second kappa shape index (κ2) is 7.70. The lowest BCUT2D eigenvalue weighted by Gasteiger charge is -2.34. The van der Waals surface area contributed by atoms with E-state index in [2.05, 4.69) is 22.1 Å². The molecule has 0 aliphatic carbocycles. The third kappa shape index (κ3) is 3.79. The molecule has 1 aromatic carbocycles. The Kier molecular flexibility index (Phi) is 5.41. The molecule has 1 saturated heterocycles. The smallest absolute Gasteiger partial charge is 0.265 e. The molecule has 0 bridgehead atoms. The van der Waals surface area contributed by atoms with Gasteiger partial charge in [-0.15, -0.1) is 11.3 Å². The molecule has 0 atom stereocenters. The van der Waals surface area contributed by atoms with Crippen LogP contribution in [-0.2, 0) is 0 Å². The highest BCUT2D eigenvalue weighted by Gasteiger charge is 2.26. The molecule has 23 heavy (non-hydrogen) atoms. The van der Waals surface area contributed by atoms with E-state index in [-0.39, 0.29) is 5.91 Å². The highest BCUT2D eigenvalue weighted by molar-refractivity contribution is 7.16. The van der Waals surface area contributed by atoms with Crippen LogP contribution in [0.1, 0.15) is 35.9 Å². The highest BCUT2D eigenvalue weighted by Crippen LogP contribution is 2.27. The van der Waals surface area contributed by atoms with Gasteiger partial charge >= 0.3 is 0 Å². The lowest BCUT2D eigenvalue weighted by Crippen LogP contribution is -2.46. The van der Waals surface area contributed by atoms with E-state index in [1.807, 2.05) is 30.3 Å². The zero-order valence-electron chi connectivity index (χ0n) is 13.5. The van der Waals surface area contributed by atoms with Crippen molar-refractivity contribution in [1.82, 2.24) is 15.2 Å². The zero-order chi connectivity index (χ0) is 16.1. The van der Waals surface area contributed by atoms with Crippen LogP contribution in [0, 0.1) is 0 Å². The number of nitrogens with one attached hydrogen (secondary N) is 1. The maximum absolute atomic E-state index is 13.0. The van der Waals surface area contributed by atoms with E-state index in [9.17, 15) is 4.79 Å². The van der Waals surface area contributed by atoms with Crippen molar-refractivity contribution in [3.63, 3.8) is 0 Å². The Morgan fingerprint density at radius 1 is 1.30 bits per heavy atom. The Bertz CT molecular complexity index is 635. The number of benzene rings is 1. The molecular weight excluding hydrogens is 306 g/mol. The standard InChI is InChI=1S/C18H23N3OS/c1-2-12-21(15-8-10-19-11-9-15)18(22)16-13-20-17(23-16)14-6-4-3-5-7-14/h3-7,13,15,19H,2,8-12H2,1H3. The molecule has 4 nitrogen and oxygen atoms in total. The maximum Gasteiger partial charge on any atom is 0.265 e. The van der Waals surface area contributed by atoms with Gasteiger partial charge in [0.05, 0.1) is 6.20 Å². The van der Waals surface area contributed by atoms with E-state index in [0.29, 0.717) is 6.04 Å². The van der Waals surface area contributed by atoms with Crippen molar-refractivity contribution in [2.24, 2.45) is 0 Å². The predicted octanol–water partition coefficient (Wildman–Crippen LogP) is 3.41. The van der Waals surface area contributed by atoms with Crippen LogP contribution in [0.3, 0.4) is 0 Å². The molecule has 0 spiro atoms. The minimum Gasteiger partial charge on any atom is -0.335 e. The number of hydrogen-bond donors (Lipinski definition) is 1. The van der Waals surface area contributed by atoms with Crippen molar-refractivity contribution in [1.29, 1.82) is 0 Å². The van der Waals surface area contributed by atoms with Crippen LogP contribution in [0.5, 0.6) is 0 Å². The second-order valence-corrected chi connectivity index (χ2v) is 6.91. The Morgan fingerprint density at radius 2 is 2.04 bits per heavy atom. The molecule has 1 N–H and O–H groups in total. The number of carbonyl (C=O) groups excluding carboxylic acids is 1. The minimum atomic E-state index is 0.137. The number of hydrogen-bond acceptors (Lipinski definition) is 4. The molecule has 0 unspecified atom stereocenters. The fraction of sp³-hybridized carbons (Fsp3) is 0.444. The Balaban J connectivity index is 1.78. The van der Waals surface area contributed by atoms with Crippen molar-refractivity contribution in [2.45, 2.75) is 32.2 Å². The van der Waals surface area contributed by atoms with Gasteiger partial charge in [0.2, 0.25) is 0 Å². The number of aromatic nitrogens is 1. The first-order valence-electron chi connectivity index (χ1n) is 8.32. The van der Waals surface area contributed by atoms with E-state index >= 15 is 0 Å². The molecule has 1 aromatic heterocycles. The molecule has 2 aromatic rings. The summed E-state index contributed by atoms with van der Waals surface area (Å²) >= 11 is 1.49. The number of amides is 1. The monoisotopic (exact) mass is 329 g/mol. The average molecular weight is 329 g/mol. The first-order valence-corrected chi connectivity index (χ1v) is 9.14. The largest absolute Gasteiger partial charge is 0.335 e. The summed E-state index contributed by atoms with van der Waals surface area (Å²) in [6.07, 6.45) is 4.80. The van der Waals surface area contributed by atoms with E-state index < -0.39 is 0 Å². The van der Waals surface area contributed by atoms with Crippen molar-refractivity contribution in [3.8, 4) is 10.6 Å². The molecule has 1 aliphatic heterocycles. The van der Waals surface area contributed by atoms with Gasteiger partial charge in [-0.25, -0.2) is 4.98 Å². The zero-order valence-corrected chi connectivity index (χ0v) is 14.3. The van der Waals surface area contributed by atoms with E-state index in [4.69, 9.17) is 0 Å². The summed E-state index contributed by atoms with van der Waals surface area (Å²) in [5, 5.41) is 4.28. The van der Waals surface area contributed by atoms with Gasteiger partial charge in [-0.3, -0.25) is 4.79 Å². The maximum atomic E-state index is 13.0. The highest BCUT2D eigenvalue weighted by atomic mass is 32.1. The van der Waals surface area contributed by atoms with Crippen LogP contribution in [0.25, 0.3) is 10.6 Å². The van der Waals surface area contributed by atoms with E-state index in [1.165, 1.54) is 11.3 Å². The number of piperidine rings is 1. The van der Waals surface area contributed by atoms with Gasteiger partial charge in [-0.1, -0.05) is 37.3 Å². The molecule has 5 heteroatoms. The van der Waals surface area contributed by atoms with Crippen LogP contribution in [0.15, 0.2) is 36.5 Å². The Morgan fingerprint density at radius 3 is 2.74 bits per heavy atom. The Labute approximate surface area is 141 Å². The Hall–Kier alpha value is -1.72. The van der Waals surface area contributed by atoms with Gasteiger partial charge in [0.25, 0.3) is 5.91 Å². The van der Waals surface area contributed by atoms with Crippen molar-refractivity contribution in [3.05, 3.63) is 41.4 Å². The topological polar surface area (TPSA) is 45.2 Å². The van der Waals surface area contributed by atoms with Gasteiger partial charge < -0.3 is 10.2 Å². The quantitative estimate of drug-likeness (QED) is 0.914. The second-order valence-electron chi connectivity index (χ2n) is 5.88. The third-order valence-electron chi connectivity index (χ3n) is 4.21. The van der Waals surface area contributed by atoms with Crippen molar-refractivity contribution >= 4 is 17.2 Å². The first kappa shape index (κ1) is 16.1. The van der Waals surface area contributed by atoms with Crippen molar-refractivity contribution < 1.29 is 4.79 Å². The average Bonchev–Trinajstić information content (AvgIpc) is 3.11. The number of nitrogens with zero attached hydrogens (tertiary/aromatic N) is 2. The molecule has 0 radical (unpaired) electrons. The minimum absolute atomic E-state index is 0.137. The lowest BCUT2D eigenvalue weighted by atomic mass is 10.0. The summed E-state index contributed by atoms with van der Waals surface area (Å²) in [4.78, 5) is 20.2. The van der Waals surface area contributed by atoms with Crippen LogP contribution in [0.2, 0.25) is 0 Å². The summed E-state index contributed by atoms with van der Waals surface area (Å²) in [5.41, 5.74) is 1.07. The van der Waals surface area contributed by atoms with Gasteiger partial charge in [0.15, 0.2) is 0 Å². The van der Waals surface area contributed by atoms with E-state index in [1.54, 1.807) is 6.20 Å². The molecule has 3 rings (SSSR count). The number of thiazole rings is 1. The van der Waals surface area contributed by atoms with Gasteiger partial charge in [0, 0.05) is 18.2 Å². The SMILES string of the molecule is CCCN(C(=O)c1cnc(-c2ccccc2)s1)C1CCNCC1. The summed E-state index contributed by atoms with van der Waals surface area (Å²) < 4.78 is 0. The third-order valence-corrected chi connectivity index (χ3v) is 5.25. The first-order chi connectivity index (χ1) is 11.3. The molecular formula is C18H23N3OS. The van der Waals surface area contributed by atoms with Crippen LogP contribution >= 0.6 is 11.3 Å². The summed E-state index contributed by atoms with van der Waals surface area (Å²) in [7, 11) is 0. The predicted molar refractivity (Wildman–Crippen MR) is 94.8 cm³/mol. The number of rotatable bonds is 5. The number of carbonyl (C=O) groups is 1. The summed E-state index contributed by atoms with van der Waals surface area (Å²) in [5.74, 6) is 0.137. The molecule has 1 amide bonds. The van der Waals surface area contributed by atoms with E-state index in [0.717, 1.165) is 54.3 Å². The van der Waals surface area contributed by atoms with Gasteiger partial charge in [-0.2, -0.15) is 0 Å². The van der Waals surface area contributed by atoms with Crippen LogP contribution < -0.4 is 5.32 Å². The van der Waals surface area contributed by atoms with Crippen molar-refractivity contribution in [2.75, 3.05) is 19.6 Å². The van der Waals surface area contributed by atoms with Gasteiger partial charge in [0.1, 0.15) is 9.88 Å². The lowest BCUT2D eigenvalue weighted by molar-refractivity contribution is 0.0647. The normalized spacial score (nSPS) is 15.5. The molecule has 1 fully saturated rings.